The van der Waals surface area contributed by atoms with Crippen LogP contribution in [0, 0.1) is 30.7 Å². The van der Waals surface area contributed by atoms with Crippen molar-refractivity contribution in [2.75, 3.05) is 26.2 Å². The van der Waals surface area contributed by atoms with Crippen molar-refractivity contribution in [3.63, 3.8) is 0 Å². The van der Waals surface area contributed by atoms with Gasteiger partial charge in [-0.25, -0.2) is 9.83 Å². The summed E-state index contributed by atoms with van der Waals surface area (Å²) in [6, 6.07) is 10.2. The molecule has 2 aromatic heterocycles. The average Bonchev–Trinajstić information content (AvgIpc) is 3.28. The molecule has 0 aliphatic carbocycles. The molecule has 1 fully saturated rings. The van der Waals surface area contributed by atoms with Gasteiger partial charge in [-0.2, -0.15) is 10.2 Å². The molecule has 0 saturated carbocycles. The number of hydrogen-bond donors (Lipinski definition) is 0. The first kappa shape index (κ1) is 19.9. The van der Waals surface area contributed by atoms with Crippen LogP contribution in [-0.2, 0) is 0 Å². The maximum atomic E-state index is 8.83. The lowest BCUT2D eigenvalue weighted by molar-refractivity contribution is 0.126. The standard InChI is InChI=1S/C23H24N6O/c1-17-21(19-6-8-20(25-2)9-7-19)27-23(29-14-11-26-22(17)29)30-16-18-5-3-12-28(15-18)13-4-10-24/h6-9,11,14,18H,3-5,12-13,15-16H2,1H3. The first-order valence-corrected chi connectivity index (χ1v) is 10.2. The lowest BCUT2D eigenvalue weighted by atomic mass is 9.99. The van der Waals surface area contributed by atoms with Crippen LogP contribution in [0.15, 0.2) is 36.7 Å². The van der Waals surface area contributed by atoms with Gasteiger partial charge in [0.25, 0.3) is 0 Å². The molecule has 0 radical (unpaired) electrons. The summed E-state index contributed by atoms with van der Waals surface area (Å²) in [4.78, 5) is 15.1. The van der Waals surface area contributed by atoms with Crippen LogP contribution in [0.1, 0.15) is 24.8 Å². The average molecular weight is 400 g/mol. The predicted octanol–water partition coefficient (Wildman–Crippen LogP) is 4.26. The number of aryl methyl sites for hydroxylation is 1. The minimum atomic E-state index is 0.417. The van der Waals surface area contributed by atoms with E-state index in [9.17, 15) is 0 Å². The summed E-state index contributed by atoms with van der Waals surface area (Å²) in [6.45, 7) is 12.6. The maximum Gasteiger partial charge on any atom is 0.302 e. The molecule has 1 aliphatic rings. The van der Waals surface area contributed by atoms with Gasteiger partial charge in [0.1, 0.15) is 5.65 Å². The number of ether oxygens (including phenoxy) is 1. The van der Waals surface area contributed by atoms with E-state index in [2.05, 4.69) is 20.8 Å². The van der Waals surface area contributed by atoms with Crippen LogP contribution in [0.4, 0.5) is 5.69 Å². The smallest absolute Gasteiger partial charge is 0.302 e. The molecule has 0 N–H and O–H groups in total. The summed E-state index contributed by atoms with van der Waals surface area (Å²) in [6.07, 6.45) is 6.44. The molecular formula is C23H24N6O. The summed E-state index contributed by atoms with van der Waals surface area (Å²) in [5.41, 5.74) is 4.16. The normalized spacial score (nSPS) is 16.8. The maximum absolute atomic E-state index is 8.83. The van der Waals surface area contributed by atoms with Crippen LogP contribution < -0.4 is 4.74 Å². The van der Waals surface area contributed by atoms with E-state index in [4.69, 9.17) is 21.6 Å². The van der Waals surface area contributed by atoms with Gasteiger partial charge in [-0.05, 0) is 31.9 Å². The molecule has 1 aromatic carbocycles. The molecule has 4 rings (SSSR count). The number of likely N-dealkylation sites (tertiary alicyclic amines) is 1. The highest BCUT2D eigenvalue weighted by Crippen LogP contribution is 2.29. The van der Waals surface area contributed by atoms with Crippen LogP contribution >= 0.6 is 0 Å². The predicted molar refractivity (Wildman–Crippen MR) is 114 cm³/mol. The van der Waals surface area contributed by atoms with E-state index in [0.717, 1.165) is 54.9 Å². The Bertz CT molecular complexity index is 1110. The van der Waals surface area contributed by atoms with Crippen molar-refractivity contribution in [3.05, 3.63) is 53.6 Å². The number of imidazole rings is 1. The molecule has 152 valence electrons. The zero-order chi connectivity index (χ0) is 20.9. The van der Waals surface area contributed by atoms with Gasteiger partial charge < -0.3 is 9.64 Å². The second-order valence-corrected chi connectivity index (χ2v) is 7.68. The van der Waals surface area contributed by atoms with Gasteiger partial charge >= 0.3 is 6.01 Å². The fraction of sp³-hybridized carbons (Fsp3) is 0.391. The lowest BCUT2D eigenvalue weighted by Crippen LogP contribution is -2.38. The minimum absolute atomic E-state index is 0.417. The second-order valence-electron chi connectivity index (χ2n) is 7.68. The van der Waals surface area contributed by atoms with E-state index in [0.29, 0.717) is 30.6 Å². The highest BCUT2D eigenvalue weighted by atomic mass is 16.5. The van der Waals surface area contributed by atoms with Crippen molar-refractivity contribution in [1.82, 2.24) is 19.3 Å². The molecule has 3 aromatic rings. The highest BCUT2D eigenvalue weighted by Gasteiger charge is 2.21. The molecule has 1 saturated heterocycles. The fourth-order valence-corrected chi connectivity index (χ4v) is 4.04. The first-order valence-electron chi connectivity index (χ1n) is 10.2. The zero-order valence-electron chi connectivity index (χ0n) is 17.1. The third-order valence-electron chi connectivity index (χ3n) is 5.61. The Kier molecular flexibility index (Phi) is 5.92. The highest BCUT2D eigenvalue weighted by molar-refractivity contribution is 5.71. The number of rotatable bonds is 6. The number of hydrogen-bond acceptors (Lipinski definition) is 5. The van der Waals surface area contributed by atoms with E-state index < -0.39 is 0 Å². The van der Waals surface area contributed by atoms with E-state index >= 15 is 0 Å². The van der Waals surface area contributed by atoms with E-state index in [1.54, 1.807) is 18.3 Å². The van der Waals surface area contributed by atoms with Crippen LogP contribution in [0.2, 0.25) is 0 Å². The van der Waals surface area contributed by atoms with Crippen molar-refractivity contribution >= 4 is 11.3 Å². The Morgan fingerprint density at radius 3 is 2.93 bits per heavy atom. The Morgan fingerprint density at radius 2 is 2.17 bits per heavy atom. The summed E-state index contributed by atoms with van der Waals surface area (Å²) >= 11 is 0. The van der Waals surface area contributed by atoms with Gasteiger partial charge in [0.2, 0.25) is 0 Å². The van der Waals surface area contributed by atoms with Crippen molar-refractivity contribution in [3.8, 4) is 23.3 Å². The number of piperidine rings is 1. The van der Waals surface area contributed by atoms with Crippen molar-refractivity contribution < 1.29 is 4.74 Å². The molecule has 7 nitrogen and oxygen atoms in total. The van der Waals surface area contributed by atoms with Gasteiger partial charge in [0.15, 0.2) is 5.69 Å². The minimum Gasteiger partial charge on any atom is -0.464 e. The molecule has 7 heteroatoms. The van der Waals surface area contributed by atoms with Crippen molar-refractivity contribution in [2.45, 2.75) is 26.2 Å². The topological polar surface area (TPSA) is 70.8 Å². The SMILES string of the molecule is [C-]#[N+]c1ccc(-c2nc(OCC3CCCN(CCC#N)C3)n3ccnc3c2C)cc1. The Hall–Kier alpha value is -3.42. The van der Waals surface area contributed by atoms with Crippen LogP contribution in [0.25, 0.3) is 21.7 Å². The quantitative estimate of drug-likeness (QED) is 0.578. The monoisotopic (exact) mass is 400 g/mol. The summed E-state index contributed by atoms with van der Waals surface area (Å²) in [5.74, 6) is 0.417. The number of fused-ring (bicyclic) bond motifs is 1. The van der Waals surface area contributed by atoms with Gasteiger partial charge in [-0.1, -0.05) is 24.3 Å². The molecule has 0 amide bonds. The van der Waals surface area contributed by atoms with Gasteiger partial charge in [0, 0.05) is 43.4 Å². The Labute approximate surface area is 176 Å². The summed E-state index contributed by atoms with van der Waals surface area (Å²) < 4.78 is 8.10. The Morgan fingerprint density at radius 1 is 1.33 bits per heavy atom. The zero-order valence-corrected chi connectivity index (χ0v) is 17.1. The molecule has 0 bridgehead atoms. The third kappa shape index (κ3) is 4.12. The fourth-order valence-electron chi connectivity index (χ4n) is 4.04. The van der Waals surface area contributed by atoms with E-state index in [-0.39, 0.29) is 0 Å². The van der Waals surface area contributed by atoms with E-state index in [1.807, 2.05) is 29.7 Å². The molecule has 1 aliphatic heterocycles. The summed E-state index contributed by atoms with van der Waals surface area (Å²) in [7, 11) is 0. The van der Waals surface area contributed by atoms with Gasteiger partial charge in [-0.15, -0.1) is 0 Å². The Balaban J connectivity index is 1.56. The molecule has 1 unspecified atom stereocenters. The van der Waals surface area contributed by atoms with Crippen LogP contribution in [0.5, 0.6) is 6.01 Å². The van der Waals surface area contributed by atoms with Gasteiger partial charge in [-0.3, -0.25) is 4.40 Å². The molecular weight excluding hydrogens is 376 g/mol. The molecule has 3 heterocycles. The van der Waals surface area contributed by atoms with Crippen molar-refractivity contribution in [2.24, 2.45) is 5.92 Å². The number of nitriles is 1. The van der Waals surface area contributed by atoms with Crippen LogP contribution in [0.3, 0.4) is 0 Å². The molecule has 1 atom stereocenters. The first-order chi connectivity index (χ1) is 14.7. The van der Waals surface area contributed by atoms with E-state index in [1.165, 1.54) is 0 Å². The summed E-state index contributed by atoms with van der Waals surface area (Å²) in [5, 5.41) is 8.83. The number of nitrogens with zero attached hydrogens (tertiary/aromatic N) is 6. The number of benzene rings is 1. The largest absolute Gasteiger partial charge is 0.464 e. The second kappa shape index (κ2) is 8.94. The number of aromatic nitrogens is 3. The van der Waals surface area contributed by atoms with Crippen molar-refractivity contribution in [1.29, 1.82) is 5.26 Å². The molecule has 30 heavy (non-hydrogen) atoms. The lowest BCUT2D eigenvalue weighted by Gasteiger charge is -2.31. The van der Waals surface area contributed by atoms with Crippen LogP contribution in [-0.4, -0.2) is 45.5 Å². The van der Waals surface area contributed by atoms with Gasteiger partial charge in [0.05, 0.1) is 24.9 Å². The third-order valence-corrected chi connectivity index (χ3v) is 5.61. The molecule has 0 spiro atoms.